The number of ether oxygens (including phenoxy) is 1. The van der Waals surface area contributed by atoms with E-state index in [1.54, 1.807) is 12.1 Å². The normalized spacial score (nSPS) is 16.5. The van der Waals surface area contributed by atoms with Crippen LogP contribution in [-0.2, 0) is 19.6 Å². The maximum Gasteiger partial charge on any atom is 0.243 e. The molecule has 0 unspecified atom stereocenters. The van der Waals surface area contributed by atoms with Crippen LogP contribution < -0.4 is 5.32 Å². The minimum absolute atomic E-state index is 0.0863. The highest BCUT2D eigenvalue weighted by molar-refractivity contribution is 7.89. The van der Waals surface area contributed by atoms with Crippen molar-refractivity contribution in [1.29, 1.82) is 0 Å². The second-order valence-electron chi connectivity index (χ2n) is 6.78. The number of benzene rings is 2. The number of hydrogen-bond donors (Lipinski definition) is 1. The van der Waals surface area contributed by atoms with Crippen LogP contribution >= 0.6 is 0 Å². The zero-order valence-corrected chi connectivity index (χ0v) is 16.8. The van der Waals surface area contributed by atoms with Gasteiger partial charge in [0.2, 0.25) is 15.9 Å². The number of hydrogen-bond acceptors (Lipinski definition) is 4. The summed E-state index contributed by atoms with van der Waals surface area (Å²) >= 11 is 0. The largest absolute Gasteiger partial charge is 0.379 e. The first-order valence-electron chi connectivity index (χ1n) is 9.56. The first kappa shape index (κ1) is 20.5. The Labute approximate surface area is 166 Å². The van der Waals surface area contributed by atoms with E-state index < -0.39 is 10.0 Å². The Balaban J connectivity index is 1.71. The van der Waals surface area contributed by atoms with E-state index in [2.05, 4.69) is 12.2 Å². The number of carbonyl (C=O) groups excluding carboxylic acids is 1. The number of anilines is 1. The van der Waals surface area contributed by atoms with E-state index in [9.17, 15) is 13.2 Å². The molecule has 150 valence electrons. The molecule has 3 rings (SSSR count). The SMILES string of the molecule is CCC[C@@H](C(=O)Nc1ccc(S(=O)(=O)N2CCOCC2)cc1)c1ccccc1. The summed E-state index contributed by atoms with van der Waals surface area (Å²) in [5.41, 5.74) is 1.57. The van der Waals surface area contributed by atoms with Crippen LogP contribution in [0.15, 0.2) is 59.5 Å². The predicted octanol–water partition coefficient (Wildman–Crippen LogP) is 3.23. The monoisotopic (exact) mass is 402 g/mol. The van der Waals surface area contributed by atoms with Gasteiger partial charge in [0.05, 0.1) is 24.0 Å². The average Bonchev–Trinajstić information content (AvgIpc) is 2.73. The Kier molecular flexibility index (Phi) is 6.83. The molecular formula is C21H26N2O4S. The third-order valence-corrected chi connectivity index (χ3v) is 6.74. The van der Waals surface area contributed by atoms with Crippen molar-refractivity contribution in [1.82, 2.24) is 4.31 Å². The van der Waals surface area contributed by atoms with Crippen molar-refractivity contribution in [2.45, 2.75) is 30.6 Å². The van der Waals surface area contributed by atoms with Crippen molar-refractivity contribution < 1.29 is 17.9 Å². The Bertz CT molecular complexity index is 876. The van der Waals surface area contributed by atoms with Crippen molar-refractivity contribution in [3.05, 3.63) is 60.2 Å². The van der Waals surface area contributed by atoms with Crippen LogP contribution in [-0.4, -0.2) is 44.9 Å². The Morgan fingerprint density at radius 3 is 2.32 bits per heavy atom. The number of rotatable bonds is 7. The van der Waals surface area contributed by atoms with Crippen LogP contribution in [0, 0.1) is 0 Å². The Morgan fingerprint density at radius 2 is 1.71 bits per heavy atom. The van der Waals surface area contributed by atoms with Crippen molar-refractivity contribution in [2.24, 2.45) is 0 Å². The summed E-state index contributed by atoms with van der Waals surface area (Å²) in [4.78, 5) is 13.0. The van der Waals surface area contributed by atoms with E-state index in [-0.39, 0.29) is 16.7 Å². The van der Waals surface area contributed by atoms with Crippen LogP contribution in [0.4, 0.5) is 5.69 Å². The summed E-state index contributed by atoms with van der Waals surface area (Å²) in [6, 6.07) is 16.1. The summed E-state index contributed by atoms with van der Waals surface area (Å²) in [6.07, 6.45) is 1.64. The Morgan fingerprint density at radius 1 is 1.07 bits per heavy atom. The zero-order chi connectivity index (χ0) is 20.0. The van der Waals surface area contributed by atoms with Crippen LogP contribution in [0.1, 0.15) is 31.2 Å². The van der Waals surface area contributed by atoms with Gasteiger partial charge < -0.3 is 10.1 Å². The van der Waals surface area contributed by atoms with Crippen LogP contribution in [0.5, 0.6) is 0 Å². The minimum atomic E-state index is -3.53. The highest BCUT2D eigenvalue weighted by Gasteiger charge is 2.26. The summed E-state index contributed by atoms with van der Waals surface area (Å²) in [7, 11) is -3.53. The van der Waals surface area contributed by atoms with Gasteiger partial charge in [-0.1, -0.05) is 43.7 Å². The van der Waals surface area contributed by atoms with Crippen molar-refractivity contribution in [3.63, 3.8) is 0 Å². The third kappa shape index (κ3) is 4.79. The smallest absolute Gasteiger partial charge is 0.243 e. The summed E-state index contributed by atoms with van der Waals surface area (Å²) in [5.74, 6) is -0.320. The predicted molar refractivity (Wildman–Crippen MR) is 109 cm³/mol. The molecule has 1 aliphatic rings. The molecule has 1 fully saturated rings. The molecule has 6 nitrogen and oxygen atoms in total. The zero-order valence-electron chi connectivity index (χ0n) is 16.0. The van der Waals surface area contributed by atoms with Gasteiger partial charge in [-0.3, -0.25) is 4.79 Å². The van der Waals surface area contributed by atoms with E-state index >= 15 is 0 Å². The first-order chi connectivity index (χ1) is 13.5. The molecule has 2 aromatic rings. The van der Waals surface area contributed by atoms with E-state index in [1.165, 1.54) is 16.4 Å². The molecule has 0 aromatic heterocycles. The molecule has 1 amide bonds. The van der Waals surface area contributed by atoms with Crippen molar-refractivity contribution >= 4 is 21.6 Å². The lowest BCUT2D eigenvalue weighted by Crippen LogP contribution is -2.40. The molecule has 2 aromatic carbocycles. The number of morpholine rings is 1. The van der Waals surface area contributed by atoms with Gasteiger partial charge in [-0.05, 0) is 36.2 Å². The number of nitrogens with zero attached hydrogens (tertiary/aromatic N) is 1. The van der Waals surface area contributed by atoms with Crippen LogP contribution in [0.2, 0.25) is 0 Å². The molecule has 0 bridgehead atoms. The molecular weight excluding hydrogens is 376 g/mol. The lowest BCUT2D eigenvalue weighted by Gasteiger charge is -2.26. The highest BCUT2D eigenvalue weighted by atomic mass is 32.2. The molecule has 0 radical (unpaired) electrons. The van der Waals surface area contributed by atoms with E-state index in [0.29, 0.717) is 32.0 Å². The van der Waals surface area contributed by atoms with Crippen molar-refractivity contribution in [2.75, 3.05) is 31.6 Å². The van der Waals surface area contributed by atoms with Crippen LogP contribution in [0.3, 0.4) is 0 Å². The van der Waals surface area contributed by atoms with E-state index in [0.717, 1.165) is 18.4 Å². The van der Waals surface area contributed by atoms with Gasteiger partial charge in [0.1, 0.15) is 0 Å². The number of sulfonamides is 1. The van der Waals surface area contributed by atoms with Gasteiger partial charge >= 0.3 is 0 Å². The van der Waals surface area contributed by atoms with Gasteiger partial charge in [0, 0.05) is 18.8 Å². The second kappa shape index (κ2) is 9.32. The number of amides is 1. The topological polar surface area (TPSA) is 75.7 Å². The number of carbonyl (C=O) groups is 1. The molecule has 0 aliphatic carbocycles. The fraction of sp³-hybridized carbons (Fsp3) is 0.381. The highest BCUT2D eigenvalue weighted by Crippen LogP contribution is 2.24. The molecule has 7 heteroatoms. The Hall–Kier alpha value is -2.22. The van der Waals surface area contributed by atoms with Crippen molar-refractivity contribution in [3.8, 4) is 0 Å². The molecule has 1 heterocycles. The minimum Gasteiger partial charge on any atom is -0.379 e. The molecule has 1 atom stereocenters. The maximum absolute atomic E-state index is 12.8. The van der Waals surface area contributed by atoms with Gasteiger partial charge in [0.25, 0.3) is 0 Å². The van der Waals surface area contributed by atoms with Crippen LogP contribution in [0.25, 0.3) is 0 Å². The van der Waals surface area contributed by atoms with Gasteiger partial charge in [-0.15, -0.1) is 0 Å². The quantitative estimate of drug-likeness (QED) is 0.771. The fourth-order valence-electron chi connectivity index (χ4n) is 3.30. The third-order valence-electron chi connectivity index (χ3n) is 4.83. The summed E-state index contributed by atoms with van der Waals surface area (Å²) in [6.45, 7) is 3.58. The van der Waals surface area contributed by atoms with E-state index in [1.807, 2.05) is 30.3 Å². The number of nitrogens with one attached hydrogen (secondary N) is 1. The summed E-state index contributed by atoms with van der Waals surface area (Å²) in [5, 5.41) is 2.92. The molecule has 1 saturated heterocycles. The molecule has 28 heavy (non-hydrogen) atoms. The standard InChI is InChI=1S/C21H26N2O4S/c1-2-6-20(17-7-4-3-5-8-17)21(24)22-18-9-11-19(12-10-18)28(25,26)23-13-15-27-16-14-23/h3-5,7-12,20H,2,6,13-16H2,1H3,(H,22,24)/t20-/m1/s1. The first-order valence-corrected chi connectivity index (χ1v) is 11.0. The molecule has 1 N–H and O–H groups in total. The lowest BCUT2D eigenvalue weighted by molar-refractivity contribution is -0.117. The molecule has 1 aliphatic heterocycles. The van der Waals surface area contributed by atoms with Gasteiger partial charge in [0.15, 0.2) is 0 Å². The van der Waals surface area contributed by atoms with E-state index in [4.69, 9.17) is 4.74 Å². The molecule has 0 saturated carbocycles. The maximum atomic E-state index is 12.8. The molecule has 0 spiro atoms. The fourth-order valence-corrected chi connectivity index (χ4v) is 4.71. The lowest BCUT2D eigenvalue weighted by atomic mass is 9.93. The summed E-state index contributed by atoms with van der Waals surface area (Å²) < 4.78 is 32.0. The second-order valence-corrected chi connectivity index (χ2v) is 8.72. The van der Waals surface area contributed by atoms with Gasteiger partial charge in [-0.25, -0.2) is 8.42 Å². The average molecular weight is 403 g/mol. The van der Waals surface area contributed by atoms with Gasteiger partial charge in [-0.2, -0.15) is 4.31 Å².